The Morgan fingerprint density at radius 2 is 2.28 bits per heavy atom. The van der Waals surface area contributed by atoms with Crippen LogP contribution in [0.1, 0.15) is 20.9 Å². The van der Waals surface area contributed by atoms with Gasteiger partial charge in [0.2, 0.25) is 0 Å². The van der Waals surface area contributed by atoms with E-state index in [-0.39, 0.29) is 5.91 Å². The Balaban J connectivity index is 2.15. The molecular weight excluding hydrogens is 380 g/mol. The number of nitrogens with one attached hydrogen (secondary N) is 1. The third kappa shape index (κ3) is 1.91. The van der Waals surface area contributed by atoms with Crippen molar-refractivity contribution in [1.29, 1.82) is 0 Å². The minimum absolute atomic E-state index is 0.0423. The first-order chi connectivity index (χ1) is 8.70. The van der Waals surface area contributed by atoms with Crippen molar-refractivity contribution in [2.75, 3.05) is 6.54 Å². The number of fused-ring (bicyclic) bond motifs is 1. The Hall–Kier alpha value is -0.430. The van der Waals surface area contributed by atoms with E-state index in [1.54, 1.807) is 4.57 Å². The number of nitrogens with zero attached hydrogens (tertiary/aromatic N) is 1. The molecule has 6 heteroatoms. The van der Waals surface area contributed by atoms with Gasteiger partial charge in [0.05, 0.1) is 9.35 Å². The van der Waals surface area contributed by atoms with E-state index in [4.69, 9.17) is 0 Å². The Morgan fingerprint density at radius 3 is 3.00 bits per heavy atom. The smallest absolute Gasteiger partial charge is 0.273 e. The lowest BCUT2D eigenvalue weighted by Crippen LogP contribution is -2.26. The van der Waals surface area contributed by atoms with Gasteiger partial charge in [-0.1, -0.05) is 6.07 Å². The molecule has 3 nitrogen and oxygen atoms in total. The molecule has 0 aliphatic carbocycles. The Morgan fingerprint density at radius 1 is 1.44 bits per heavy atom. The first-order valence-corrected chi connectivity index (χ1v) is 8.03. The van der Waals surface area contributed by atoms with Crippen molar-refractivity contribution < 1.29 is 4.79 Å². The van der Waals surface area contributed by atoms with E-state index >= 15 is 0 Å². The van der Waals surface area contributed by atoms with E-state index in [9.17, 15) is 4.79 Å². The molecule has 0 unspecified atom stereocenters. The molecule has 0 saturated carbocycles. The summed E-state index contributed by atoms with van der Waals surface area (Å²) >= 11 is 8.55. The van der Waals surface area contributed by atoms with E-state index in [0.29, 0.717) is 0 Å². The molecule has 2 aromatic heterocycles. The minimum atomic E-state index is 0.0423. The van der Waals surface area contributed by atoms with Gasteiger partial charge >= 0.3 is 0 Å². The highest BCUT2D eigenvalue weighted by Crippen LogP contribution is 2.35. The third-order valence-corrected chi connectivity index (χ3v) is 6.03. The zero-order valence-corrected chi connectivity index (χ0v) is 13.4. The van der Waals surface area contributed by atoms with Crippen LogP contribution in [-0.4, -0.2) is 17.0 Å². The van der Waals surface area contributed by atoms with Crippen molar-refractivity contribution in [3.63, 3.8) is 0 Å². The van der Waals surface area contributed by atoms with Crippen molar-refractivity contribution in [2.24, 2.45) is 0 Å². The average Bonchev–Trinajstić information content (AvgIpc) is 2.99. The molecule has 0 aromatic carbocycles. The van der Waals surface area contributed by atoms with Crippen molar-refractivity contribution >= 4 is 49.1 Å². The summed E-state index contributed by atoms with van der Waals surface area (Å²) in [5.74, 6) is 0.0423. The van der Waals surface area contributed by atoms with Crippen LogP contribution in [0.15, 0.2) is 26.6 Å². The lowest BCUT2D eigenvalue weighted by atomic mass is 10.1. The Labute approximate surface area is 125 Å². The van der Waals surface area contributed by atoms with Crippen LogP contribution in [0.4, 0.5) is 0 Å². The molecule has 1 aliphatic rings. The number of rotatable bonds is 1. The summed E-state index contributed by atoms with van der Waals surface area (Å²) in [6.07, 6.45) is 0.872. The van der Waals surface area contributed by atoms with E-state index in [1.165, 1.54) is 16.9 Å². The molecule has 0 spiro atoms. The average molecular weight is 390 g/mol. The first kappa shape index (κ1) is 12.6. The van der Waals surface area contributed by atoms with Crippen LogP contribution >= 0.6 is 43.2 Å². The van der Waals surface area contributed by atoms with Crippen LogP contribution in [-0.2, 0) is 13.0 Å². The predicted octanol–water partition coefficient (Wildman–Crippen LogP) is 3.41. The second-order valence-electron chi connectivity index (χ2n) is 4.07. The number of halogens is 2. The molecule has 0 amide bonds. The van der Waals surface area contributed by atoms with Gasteiger partial charge in [0, 0.05) is 30.8 Å². The molecule has 94 valence electrons. The molecule has 2 aromatic rings. The summed E-state index contributed by atoms with van der Waals surface area (Å²) in [5.41, 5.74) is 2.28. The topological polar surface area (TPSA) is 34.0 Å². The lowest BCUT2D eigenvalue weighted by molar-refractivity contribution is 0.0958. The van der Waals surface area contributed by atoms with E-state index in [1.807, 2.05) is 17.5 Å². The van der Waals surface area contributed by atoms with Gasteiger partial charge in [-0.15, -0.1) is 11.3 Å². The fraction of sp³-hybridized carbons (Fsp3) is 0.250. The van der Waals surface area contributed by atoms with Crippen LogP contribution in [0.3, 0.4) is 0 Å². The van der Waals surface area contributed by atoms with Crippen LogP contribution in [0.2, 0.25) is 0 Å². The Bertz CT molecular complexity index is 604. The van der Waals surface area contributed by atoms with Crippen LogP contribution < -0.4 is 5.32 Å². The van der Waals surface area contributed by atoms with Crippen LogP contribution in [0.5, 0.6) is 0 Å². The fourth-order valence-corrected chi connectivity index (χ4v) is 4.00. The molecule has 0 fully saturated rings. The van der Waals surface area contributed by atoms with Gasteiger partial charge in [-0.2, -0.15) is 0 Å². The second kappa shape index (κ2) is 4.92. The number of carbonyl (C=O) groups excluding carboxylic acids is 1. The van der Waals surface area contributed by atoms with Gasteiger partial charge in [0.1, 0.15) is 4.60 Å². The van der Waals surface area contributed by atoms with Gasteiger partial charge in [-0.25, -0.2) is 0 Å². The monoisotopic (exact) mass is 388 g/mol. The van der Waals surface area contributed by atoms with E-state index < -0.39 is 0 Å². The van der Waals surface area contributed by atoms with E-state index in [0.717, 1.165) is 39.2 Å². The van der Waals surface area contributed by atoms with Gasteiger partial charge in [0.15, 0.2) is 0 Å². The standard InChI is InChI=1S/C12H10Br2N2OS/c13-10-7-6-15-4-3-8(7)16(11(10)14)12(17)9-2-1-5-18-9/h1-2,5,15H,3-4,6H2. The maximum atomic E-state index is 12.5. The molecule has 0 bridgehead atoms. The zero-order chi connectivity index (χ0) is 12.7. The normalized spacial score (nSPS) is 14.6. The summed E-state index contributed by atoms with van der Waals surface area (Å²) < 4.78 is 3.58. The van der Waals surface area contributed by atoms with Gasteiger partial charge < -0.3 is 5.32 Å². The number of hydrogen-bond donors (Lipinski definition) is 1. The highest BCUT2D eigenvalue weighted by atomic mass is 79.9. The molecule has 1 N–H and O–H groups in total. The molecule has 0 radical (unpaired) electrons. The molecule has 0 saturated heterocycles. The Kier molecular flexibility index (Phi) is 3.44. The van der Waals surface area contributed by atoms with Crippen molar-refractivity contribution in [2.45, 2.75) is 13.0 Å². The zero-order valence-electron chi connectivity index (χ0n) is 9.37. The molecular formula is C12H10Br2N2OS. The molecule has 18 heavy (non-hydrogen) atoms. The predicted molar refractivity (Wildman–Crippen MR) is 79.3 cm³/mol. The fourth-order valence-electron chi connectivity index (χ4n) is 2.19. The van der Waals surface area contributed by atoms with Crippen molar-refractivity contribution in [1.82, 2.24) is 9.88 Å². The molecule has 0 atom stereocenters. The lowest BCUT2D eigenvalue weighted by Gasteiger charge is -2.15. The quantitative estimate of drug-likeness (QED) is 0.810. The summed E-state index contributed by atoms with van der Waals surface area (Å²) in [7, 11) is 0. The maximum absolute atomic E-state index is 12.5. The van der Waals surface area contributed by atoms with Gasteiger partial charge in [-0.3, -0.25) is 9.36 Å². The second-order valence-corrected chi connectivity index (χ2v) is 6.57. The number of hydrogen-bond acceptors (Lipinski definition) is 3. The first-order valence-electron chi connectivity index (χ1n) is 5.56. The van der Waals surface area contributed by atoms with Crippen LogP contribution in [0, 0.1) is 0 Å². The molecule has 1 aliphatic heterocycles. The summed E-state index contributed by atoms with van der Waals surface area (Å²) in [6.45, 7) is 1.72. The maximum Gasteiger partial charge on any atom is 0.273 e. The summed E-state index contributed by atoms with van der Waals surface area (Å²) in [5, 5.41) is 5.25. The third-order valence-electron chi connectivity index (χ3n) is 3.04. The van der Waals surface area contributed by atoms with Crippen LogP contribution in [0.25, 0.3) is 0 Å². The van der Waals surface area contributed by atoms with Gasteiger partial charge in [0.25, 0.3) is 5.91 Å². The highest BCUT2D eigenvalue weighted by molar-refractivity contribution is 9.13. The summed E-state index contributed by atoms with van der Waals surface area (Å²) in [6, 6.07) is 3.76. The summed E-state index contributed by atoms with van der Waals surface area (Å²) in [4.78, 5) is 13.3. The van der Waals surface area contributed by atoms with Crippen molar-refractivity contribution in [3.05, 3.63) is 42.7 Å². The van der Waals surface area contributed by atoms with Gasteiger partial charge in [-0.05, 0) is 43.3 Å². The van der Waals surface area contributed by atoms with E-state index in [2.05, 4.69) is 37.2 Å². The minimum Gasteiger partial charge on any atom is -0.312 e. The number of aromatic nitrogens is 1. The van der Waals surface area contributed by atoms with Crippen molar-refractivity contribution in [3.8, 4) is 0 Å². The SMILES string of the molecule is O=C(c1cccs1)n1c(Br)c(Br)c2c1CCNC2. The highest BCUT2D eigenvalue weighted by Gasteiger charge is 2.26. The number of thiophene rings is 1. The largest absolute Gasteiger partial charge is 0.312 e. The molecule has 3 heterocycles. The number of carbonyl (C=O) groups is 1. The molecule has 3 rings (SSSR count).